The lowest BCUT2D eigenvalue weighted by molar-refractivity contribution is -0.0559. The first-order valence-corrected chi connectivity index (χ1v) is 7.47. The highest BCUT2D eigenvalue weighted by atomic mass is 79.9. The van der Waals surface area contributed by atoms with Crippen LogP contribution in [0.15, 0.2) is 18.2 Å². The number of nitrogens with zero attached hydrogens (tertiary/aromatic N) is 1. The average Bonchev–Trinajstić information content (AvgIpc) is 2.40. The van der Waals surface area contributed by atoms with Crippen LogP contribution in [0.3, 0.4) is 0 Å². The third-order valence-corrected chi connectivity index (χ3v) is 4.07. The van der Waals surface area contributed by atoms with E-state index in [2.05, 4.69) is 15.9 Å². The number of benzene rings is 1. The van der Waals surface area contributed by atoms with E-state index in [0.29, 0.717) is 18.4 Å². The van der Waals surface area contributed by atoms with Crippen LogP contribution < -0.4 is 0 Å². The number of alkyl halides is 1. The normalized spacial score (nSPS) is 23.5. The molecule has 1 amide bonds. The van der Waals surface area contributed by atoms with Gasteiger partial charge >= 0.3 is 0 Å². The number of ether oxygens (including phenoxy) is 1. The molecule has 3 nitrogen and oxygen atoms in total. The molecule has 1 saturated heterocycles. The summed E-state index contributed by atoms with van der Waals surface area (Å²) in [7, 11) is 0. The molecule has 0 bridgehead atoms. The first kappa shape index (κ1) is 14.8. The minimum absolute atomic E-state index is 0.0485. The van der Waals surface area contributed by atoms with E-state index in [4.69, 9.17) is 16.3 Å². The molecule has 1 aromatic rings. The summed E-state index contributed by atoms with van der Waals surface area (Å²) in [4.78, 5) is 14.0. The number of morpholine rings is 1. The number of halogens is 3. The van der Waals surface area contributed by atoms with E-state index < -0.39 is 5.82 Å². The quantitative estimate of drug-likeness (QED) is 0.767. The predicted molar refractivity (Wildman–Crippen MR) is 75.4 cm³/mol. The summed E-state index contributed by atoms with van der Waals surface area (Å²) in [5, 5.41) is 0.528. The number of carbonyl (C=O) groups is 1. The number of hydrogen-bond donors (Lipinski definition) is 0. The van der Waals surface area contributed by atoms with Gasteiger partial charge in [-0.3, -0.25) is 4.79 Å². The van der Waals surface area contributed by atoms with Gasteiger partial charge in [0.1, 0.15) is 5.82 Å². The van der Waals surface area contributed by atoms with Crippen LogP contribution in [0, 0.1) is 5.82 Å². The zero-order chi connectivity index (χ0) is 14.0. The fourth-order valence-electron chi connectivity index (χ4n) is 2.14. The van der Waals surface area contributed by atoms with Crippen LogP contribution in [0.2, 0.25) is 5.02 Å². The highest BCUT2D eigenvalue weighted by molar-refractivity contribution is 9.09. The molecule has 1 aliphatic rings. The zero-order valence-corrected chi connectivity index (χ0v) is 12.7. The molecule has 0 spiro atoms. The lowest BCUT2D eigenvalue weighted by Gasteiger charge is -2.36. The van der Waals surface area contributed by atoms with Gasteiger partial charge in [0.15, 0.2) is 0 Å². The highest BCUT2D eigenvalue weighted by Gasteiger charge is 2.29. The Bertz CT molecular complexity index is 486. The van der Waals surface area contributed by atoms with Crippen molar-refractivity contribution in [3.63, 3.8) is 0 Å². The first-order chi connectivity index (χ1) is 9.02. The molecule has 2 unspecified atom stereocenters. The molecule has 6 heteroatoms. The first-order valence-electron chi connectivity index (χ1n) is 5.97. The second-order valence-corrected chi connectivity index (χ2v) is 5.56. The summed E-state index contributed by atoms with van der Waals surface area (Å²) in [6.07, 6.45) is -0.104. The standard InChI is InChI=1S/C13H14BrClFNO2/c1-8-6-17(7-9(5-14)19-8)13(18)10-3-2-4-11(16)12(10)15/h2-4,8-9H,5-7H2,1H3. The van der Waals surface area contributed by atoms with Gasteiger partial charge in [0.2, 0.25) is 0 Å². The van der Waals surface area contributed by atoms with E-state index in [0.717, 1.165) is 0 Å². The maximum absolute atomic E-state index is 13.4. The lowest BCUT2D eigenvalue weighted by atomic mass is 10.1. The topological polar surface area (TPSA) is 29.5 Å². The predicted octanol–water partition coefficient (Wildman–Crippen LogP) is 3.10. The molecule has 0 saturated carbocycles. The summed E-state index contributed by atoms with van der Waals surface area (Å²) in [5.74, 6) is -0.837. The summed E-state index contributed by atoms with van der Waals surface area (Å²) in [6, 6.07) is 4.26. The molecule has 0 aliphatic carbocycles. The zero-order valence-electron chi connectivity index (χ0n) is 10.4. The number of amides is 1. The maximum Gasteiger partial charge on any atom is 0.255 e. The van der Waals surface area contributed by atoms with Crippen LogP contribution in [0.4, 0.5) is 4.39 Å². The SMILES string of the molecule is CC1CN(C(=O)c2cccc(F)c2Cl)CC(CBr)O1. The van der Waals surface area contributed by atoms with E-state index >= 15 is 0 Å². The summed E-state index contributed by atoms with van der Waals surface area (Å²) in [6.45, 7) is 2.86. The second-order valence-electron chi connectivity index (χ2n) is 4.53. The van der Waals surface area contributed by atoms with Gasteiger partial charge in [-0.2, -0.15) is 0 Å². The Labute approximate surface area is 124 Å². The summed E-state index contributed by atoms with van der Waals surface area (Å²) in [5.41, 5.74) is 0.198. The second kappa shape index (κ2) is 6.20. The van der Waals surface area contributed by atoms with E-state index in [1.54, 1.807) is 4.90 Å². The van der Waals surface area contributed by atoms with Crippen LogP contribution in [-0.2, 0) is 4.74 Å². The van der Waals surface area contributed by atoms with E-state index in [1.807, 2.05) is 6.92 Å². The van der Waals surface area contributed by atoms with Crippen LogP contribution in [0.5, 0.6) is 0 Å². The van der Waals surface area contributed by atoms with Crippen molar-refractivity contribution in [1.29, 1.82) is 0 Å². The van der Waals surface area contributed by atoms with Crippen molar-refractivity contribution in [3.05, 3.63) is 34.6 Å². The molecule has 1 heterocycles. The van der Waals surface area contributed by atoms with Crippen molar-refractivity contribution in [2.45, 2.75) is 19.1 Å². The Hall–Kier alpha value is -0.650. The molecular formula is C13H14BrClFNO2. The molecule has 19 heavy (non-hydrogen) atoms. The molecule has 1 fully saturated rings. The fraction of sp³-hybridized carbons (Fsp3) is 0.462. The van der Waals surface area contributed by atoms with E-state index in [9.17, 15) is 9.18 Å². The van der Waals surface area contributed by atoms with Gasteiger partial charge in [-0.15, -0.1) is 0 Å². The number of hydrogen-bond acceptors (Lipinski definition) is 2. The molecular weight excluding hydrogens is 337 g/mol. The van der Waals surface area contributed by atoms with Crippen molar-refractivity contribution < 1.29 is 13.9 Å². The number of rotatable bonds is 2. The Morgan fingerprint density at radius 3 is 3.00 bits per heavy atom. The monoisotopic (exact) mass is 349 g/mol. The van der Waals surface area contributed by atoms with E-state index in [-0.39, 0.29) is 28.7 Å². The van der Waals surface area contributed by atoms with Crippen molar-refractivity contribution >= 4 is 33.4 Å². The average molecular weight is 351 g/mol. The lowest BCUT2D eigenvalue weighted by Crippen LogP contribution is -2.49. The Morgan fingerprint density at radius 2 is 2.32 bits per heavy atom. The van der Waals surface area contributed by atoms with Gasteiger partial charge < -0.3 is 9.64 Å². The maximum atomic E-state index is 13.4. The molecule has 2 rings (SSSR count). The Kier molecular flexibility index (Phi) is 4.81. The molecule has 0 N–H and O–H groups in total. The third-order valence-electron chi connectivity index (χ3n) is 2.97. The van der Waals surface area contributed by atoms with Gasteiger partial charge in [-0.25, -0.2) is 4.39 Å². The molecule has 0 aromatic heterocycles. The Balaban J connectivity index is 2.21. The largest absolute Gasteiger partial charge is 0.371 e. The van der Waals surface area contributed by atoms with Crippen molar-refractivity contribution in [1.82, 2.24) is 4.90 Å². The third kappa shape index (κ3) is 3.27. The molecule has 104 valence electrons. The van der Waals surface area contributed by atoms with Gasteiger partial charge in [-0.1, -0.05) is 33.6 Å². The highest BCUT2D eigenvalue weighted by Crippen LogP contribution is 2.23. The van der Waals surface area contributed by atoms with Gasteiger partial charge in [0.05, 0.1) is 22.8 Å². The number of carbonyl (C=O) groups excluding carboxylic acids is 1. The molecule has 1 aromatic carbocycles. The minimum Gasteiger partial charge on any atom is -0.371 e. The van der Waals surface area contributed by atoms with Crippen LogP contribution in [-0.4, -0.2) is 41.4 Å². The molecule has 0 radical (unpaired) electrons. The van der Waals surface area contributed by atoms with Gasteiger partial charge in [0, 0.05) is 18.4 Å². The van der Waals surface area contributed by atoms with Crippen LogP contribution in [0.25, 0.3) is 0 Å². The van der Waals surface area contributed by atoms with Gasteiger partial charge in [-0.05, 0) is 19.1 Å². The summed E-state index contributed by atoms with van der Waals surface area (Å²) >= 11 is 9.20. The van der Waals surface area contributed by atoms with Gasteiger partial charge in [0.25, 0.3) is 5.91 Å². The smallest absolute Gasteiger partial charge is 0.255 e. The van der Waals surface area contributed by atoms with Crippen molar-refractivity contribution in [3.8, 4) is 0 Å². The fourth-order valence-corrected chi connectivity index (χ4v) is 2.70. The Morgan fingerprint density at radius 1 is 1.58 bits per heavy atom. The van der Waals surface area contributed by atoms with Crippen molar-refractivity contribution in [2.24, 2.45) is 0 Å². The molecule has 2 atom stereocenters. The van der Waals surface area contributed by atoms with Crippen molar-refractivity contribution in [2.75, 3.05) is 18.4 Å². The minimum atomic E-state index is -0.578. The van der Waals surface area contributed by atoms with Crippen LogP contribution >= 0.6 is 27.5 Å². The summed E-state index contributed by atoms with van der Waals surface area (Å²) < 4.78 is 19.0. The van der Waals surface area contributed by atoms with Crippen LogP contribution in [0.1, 0.15) is 17.3 Å². The molecule has 1 aliphatic heterocycles. The van der Waals surface area contributed by atoms with E-state index in [1.165, 1.54) is 18.2 Å².